The number of carboxylic acid groups (broad SMARTS) is 1. The second kappa shape index (κ2) is 5.82. The zero-order chi connectivity index (χ0) is 15.6. The monoisotopic (exact) mass is 291 g/mol. The molecule has 112 valence electrons. The zero-order valence-electron chi connectivity index (χ0n) is 12.1. The fourth-order valence-electron chi connectivity index (χ4n) is 2.17. The fourth-order valence-corrected chi connectivity index (χ4v) is 2.17. The molecule has 0 atom stereocenters. The normalized spacial score (nSPS) is 10.6. The number of rotatable bonds is 5. The summed E-state index contributed by atoms with van der Waals surface area (Å²) in [5, 5.41) is 15.5. The zero-order valence-corrected chi connectivity index (χ0v) is 12.1. The van der Waals surface area contributed by atoms with Crippen molar-refractivity contribution in [2.24, 2.45) is 0 Å². The van der Waals surface area contributed by atoms with Crippen molar-refractivity contribution in [1.82, 2.24) is 10.1 Å². The summed E-state index contributed by atoms with van der Waals surface area (Å²) in [5.41, 5.74) is 2.62. The lowest BCUT2D eigenvalue weighted by atomic mass is 10.1. The van der Waals surface area contributed by atoms with E-state index >= 15 is 0 Å². The first-order valence-electron chi connectivity index (χ1n) is 6.53. The molecule has 7 nitrogen and oxygen atoms in total. The van der Waals surface area contributed by atoms with Gasteiger partial charge in [0.25, 0.3) is 0 Å². The number of aromatic nitrogens is 2. The van der Waals surface area contributed by atoms with Crippen molar-refractivity contribution in [3.8, 4) is 0 Å². The molecular formula is C14H17N3O4. The van der Waals surface area contributed by atoms with E-state index in [4.69, 9.17) is 9.63 Å². The van der Waals surface area contributed by atoms with E-state index in [0.717, 1.165) is 11.3 Å². The summed E-state index contributed by atoms with van der Waals surface area (Å²) in [7, 11) is 0. The molecule has 0 aliphatic rings. The number of carboxylic acids is 1. The second-order valence-electron chi connectivity index (χ2n) is 4.90. The summed E-state index contributed by atoms with van der Waals surface area (Å²) in [6.45, 7) is 5.35. The van der Waals surface area contributed by atoms with Gasteiger partial charge in [0, 0.05) is 17.7 Å². The molecule has 0 saturated heterocycles. The van der Waals surface area contributed by atoms with Crippen LogP contribution in [0.25, 0.3) is 0 Å². The third kappa shape index (κ3) is 3.31. The number of H-pyrrole nitrogens is 1. The molecule has 2 heterocycles. The van der Waals surface area contributed by atoms with E-state index in [1.165, 1.54) is 0 Å². The van der Waals surface area contributed by atoms with Crippen LogP contribution in [0.15, 0.2) is 10.6 Å². The van der Waals surface area contributed by atoms with E-state index in [1.54, 1.807) is 19.9 Å². The smallest absolute Gasteiger partial charge is 0.354 e. The molecule has 0 aliphatic heterocycles. The molecule has 1 amide bonds. The topological polar surface area (TPSA) is 108 Å². The molecular weight excluding hydrogens is 274 g/mol. The van der Waals surface area contributed by atoms with Crippen LogP contribution >= 0.6 is 0 Å². The number of aryl methyl sites for hydroxylation is 3. The fraction of sp³-hybridized carbons (Fsp3) is 0.357. The van der Waals surface area contributed by atoms with Gasteiger partial charge >= 0.3 is 5.97 Å². The summed E-state index contributed by atoms with van der Waals surface area (Å²) in [6, 6.07) is 1.59. The minimum absolute atomic E-state index is 0.0156. The van der Waals surface area contributed by atoms with Gasteiger partial charge in [0.15, 0.2) is 0 Å². The van der Waals surface area contributed by atoms with E-state index in [9.17, 15) is 9.59 Å². The molecule has 0 aliphatic carbocycles. The molecule has 0 fully saturated rings. The SMILES string of the molecule is Cc1cc(NC(=O)CCc2c(C)noc2C)c(C(=O)O)[nH]1. The molecule has 0 spiro atoms. The standard InChI is InChI=1S/C14H17N3O4/c1-7-6-11(13(15-7)14(19)20)16-12(18)5-4-10-8(2)17-21-9(10)3/h6,15H,4-5H2,1-3H3,(H,16,18)(H,19,20). The van der Waals surface area contributed by atoms with Crippen LogP contribution in [0.3, 0.4) is 0 Å². The number of hydrogen-bond acceptors (Lipinski definition) is 4. The van der Waals surface area contributed by atoms with E-state index in [2.05, 4.69) is 15.5 Å². The quantitative estimate of drug-likeness (QED) is 0.782. The molecule has 2 aromatic rings. The average Bonchev–Trinajstić information content (AvgIpc) is 2.91. The Hall–Kier alpha value is -2.57. The Kier molecular flexibility index (Phi) is 4.11. The van der Waals surface area contributed by atoms with Gasteiger partial charge in [-0.3, -0.25) is 4.79 Å². The van der Waals surface area contributed by atoms with Crippen LogP contribution in [0.4, 0.5) is 5.69 Å². The lowest BCUT2D eigenvalue weighted by Gasteiger charge is -2.04. The summed E-state index contributed by atoms with van der Waals surface area (Å²) >= 11 is 0. The van der Waals surface area contributed by atoms with E-state index in [1.807, 2.05) is 6.92 Å². The molecule has 2 aromatic heterocycles. The highest BCUT2D eigenvalue weighted by atomic mass is 16.5. The molecule has 3 N–H and O–H groups in total. The predicted octanol–water partition coefficient (Wildman–Crippen LogP) is 2.20. The Bertz CT molecular complexity index is 665. The number of nitrogens with one attached hydrogen (secondary N) is 2. The third-order valence-corrected chi connectivity index (χ3v) is 3.22. The van der Waals surface area contributed by atoms with E-state index < -0.39 is 5.97 Å². The van der Waals surface area contributed by atoms with Crippen molar-refractivity contribution in [3.63, 3.8) is 0 Å². The van der Waals surface area contributed by atoms with Crippen molar-refractivity contribution in [2.75, 3.05) is 5.32 Å². The predicted molar refractivity (Wildman–Crippen MR) is 75.4 cm³/mol. The Morgan fingerprint density at radius 3 is 2.67 bits per heavy atom. The maximum atomic E-state index is 11.9. The summed E-state index contributed by atoms with van der Waals surface area (Å²) < 4.78 is 5.04. The minimum Gasteiger partial charge on any atom is -0.477 e. The first-order chi connectivity index (χ1) is 9.88. The molecule has 0 bridgehead atoms. The van der Waals surface area contributed by atoms with Crippen molar-refractivity contribution in [2.45, 2.75) is 33.6 Å². The van der Waals surface area contributed by atoms with Gasteiger partial charge in [-0.15, -0.1) is 0 Å². The Balaban J connectivity index is 2.01. The first-order valence-corrected chi connectivity index (χ1v) is 6.53. The highest BCUT2D eigenvalue weighted by molar-refractivity contribution is 5.99. The summed E-state index contributed by atoms with van der Waals surface area (Å²) in [4.78, 5) is 25.7. The van der Waals surface area contributed by atoms with Crippen LogP contribution in [0.1, 0.15) is 39.6 Å². The van der Waals surface area contributed by atoms with E-state index in [0.29, 0.717) is 17.9 Å². The number of nitrogens with zero attached hydrogens (tertiary/aromatic N) is 1. The Labute approximate surface area is 121 Å². The summed E-state index contributed by atoms with van der Waals surface area (Å²) in [5.74, 6) is -0.662. The van der Waals surface area contributed by atoms with Crippen LogP contribution in [0, 0.1) is 20.8 Å². The molecule has 0 aromatic carbocycles. The third-order valence-electron chi connectivity index (χ3n) is 3.22. The van der Waals surface area contributed by atoms with Crippen LogP contribution in [0.2, 0.25) is 0 Å². The highest BCUT2D eigenvalue weighted by Crippen LogP contribution is 2.18. The molecule has 0 unspecified atom stereocenters. The van der Waals surface area contributed by atoms with E-state index in [-0.39, 0.29) is 23.7 Å². The molecule has 0 radical (unpaired) electrons. The average molecular weight is 291 g/mol. The van der Waals surface area contributed by atoms with Gasteiger partial charge in [0.05, 0.1) is 11.4 Å². The highest BCUT2D eigenvalue weighted by Gasteiger charge is 2.16. The maximum Gasteiger partial charge on any atom is 0.354 e. The number of hydrogen-bond donors (Lipinski definition) is 3. The largest absolute Gasteiger partial charge is 0.477 e. The van der Waals surface area contributed by atoms with Crippen molar-refractivity contribution in [1.29, 1.82) is 0 Å². The molecule has 0 saturated carbocycles. The lowest BCUT2D eigenvalue weighted by Crippen LogP contribution is -2.14. The van der Waals surface area contributed by atoms with Crippen molar-refractivity contribution < 1.29 is 19.2 Å². The molecule has 2 rings (SSSR count). The van der Waals surface area contributed by atoms with Crippen LogP contribution < -0.4 is 5.32 Å². The summed E-state index contributed by atoms with van der Waals surface area (Å²) in [6.07, 6.45) is 0.727. The maximum absolute atomic E-state index is 11.9. The van der Waals surface area contributed by atoms with Crippen molar-refractivity contribution >= 4 is 17.6 Å². The van der Waals surface area contributed by atoms with Gasteiger partial charge in [-0.25, -0.2) is 4.79 Å². The van der Waals surface area contributed by atoms with Crippen LogP contribution in [-0.2, 0) is 11.2 Å². The number of anilines is 1. The van der Waals surface area contributed by atoms with Gasteiger partial charge in [0.1, 0.15) is 11.5 Å². The van der Waals surface area contributed by atoms with Gasteiger partial charge in [-0.05, 0) is 33.3 Å². The Morgan fingerprint density at radius 2 is 2.10 bits per heavy atom. The Morgan fingerprint density at radius 1 is 1.38 bits per heavy atom. The minimum atomic E-state index is -1.11. The van der Waals surface area contributed by atoms with Gasteiger partial charge in [0.2, 0.25) is 5.91 Å². The molecule has 21 heavy (non-hydrogen) atoms. The number of aromatic carboxylic acids is 1. The van der Waals surface area contributed by atoms with Crippen molar-refractivity contribution in [3.05, 3.63) is 34.5 Å². The number of amides is 1. The number of aromatic amines is 1. The van der Waals surface area contributed by atoms with Gasteiger partial charge in [-0.2, -0.15) is 0 Å². The van der Waals surface area contributed by atoms with Gasteiger partial charge < -0.3 is 19.9 Å². The first kappa shape index (κ1) is 14.8. The molecule has 7 heteroatoms. The number of carbonyl (C=O) groups excluding carboxylic acids is 1. The van der Waals surface area contributed by atoms with Crippen LogP contribution in [-0.4, -0.2) is 27.1 Å². The van der Waals surface area contributed by atoms with Crippen LogP contribution in [0.5, 0.6) is 0 Å². The number of carbonyl (C=O) groups is 2. The van der Waals surface area contributed by atoms with Gasteiger partial charge in [-0.1, -0.05) is 5.16 Å². The lowest BCUT2D eigenvalue weighted by molar-refractivity contribution is -0.116. The second-order valence-corrected chi connectivity index (χ2v) is 4.90.